The van der Waals surface area contributed by atoms with E-state index in [0.717, 1.165) is 25.9 Å². The highest BCUT2D eigenvalue weighted by atomic mass is 19.1. The smallest absolute Gasteiger partial charge is 0.254 e. The maximum absolute atomic E-state index is 13.5. The molecule has 1 aromatic carbocycles. The molecule has 1 N–H and O–H groups in total. The largest absolute Gasteiger partial charge is 0.334 e. The first-order valence-electron chi connectivity index (χ1n) is 6.35. The number of carbonyl (C=O) groups excluding carboxylic acids is 1. The van der Waals surface area contributed by atoms with Crippen LogP contribution >= 0.6 is 0 Å². The molecule has 1 aliphatic rings. The van der Waals surface area contributed by atoms with Gasteiger partial charge in [-0.2, -0.15) is 0 Å². The second-order valence-electron chi connectivity index (χ2n) is 4.82. The number of carbonyl (C=O) groups is 1. The summed E-state index contributed by atoms with van der Waals surface area (Å²) in [5.74, 6) is -0.378. The second-order valence-corrected chi connectivity index (χ2v) is 4.82. The molecule has 98 valence electrons. The van der Waals surface area contributed by atoms with Crippen molar-refractivity contribution in [2.75, 3.05) is 20.1 Å². The quantitative estimate of drug-likeness (QED) is 0.889. The van der Waals surface area contributed by atoms with Crippen molar-refractivity contribution in [3.63, 3.8) is 0 Å². The van der Waals surface area contributed by atoms with Crippen LogP contribution in [0, 0.1) is 12.7 Å². The fraction of sp³-hybridized carbons (Fsp3) is 0.500. The van der Waals surface area contributed by atoms with Crippen LogP contribution in [0.5, 0.6) is 0 Å². The first-order chi connectivity index (χ1) is 8.63. The maximum Gasteiger partial charge on any atom is 0.254 e. The lowest BCUT2D eigenvalue weighted by molar-refractivity contribution is 0.0736. The first kappa shape index (κ1) is 13.0. The highest BCUT2D eigenvalue weighted by Gasteiger charge is 2.28. The second kappa shape index (κ2) is 5.48. The normalized spacial score (nSPS) is 19.3. The van der Waals surface area contributed by atoms with Gasteiger partial charge in [0.25, 0.3) is 5.91 Å². The number of likely N-dealkylation sites (tertiary alicyclic amines) is 1. The van der Waals surface area contributed by atoms with Crippen LogP contribution in [0.2, 0.25) is 0 Å². The van der Waals surface area contributed by atoms with Crippen LogP contribution in [0.1, 0.15) is 28.8 Å². The summed E-state index contributed by atoms with van der Waals surface area (Å²) >= 11 is 0. The molecular formula is C14H19FN2O. The number of aryl methyl sites for hydroxylation is 1. The molecule has 2 rings (SSSR count). The third kappa shape index (κ3) is 2.53. The topological polar surface area (TPSA) is 32.3 Å². The lowest BCUT2D eigenvalue weighted by Gasteiger charge is -2.24. The minimum absolute atomic E-state index is 0.0633. The molecule has 1 fully saturated rings. The molecule has 1 heterocycles. The molecule has 1 aromatic rings. The number of hydrogen-bond acceptors (Lipinski definition) is 2. The SMILES string of the molecule is CNCC1CCCN1C(=O)c1ccc(C)c(F)c1. The standard InChI is InChI=1S/C14H19FN2O/c1-10-5-6-11(8-13(10)15)14(18)17-7-3-4-12(17)9-16-2/h5-6,8,12,16H,3-4,7,9H2,1-2H3. The highest BCUT2D eigenvalue weighted by molar-refractivity contribution is 5.94. The molecule has 1 atom stereocenters. The molecule has 4 heteroatoms. The number of nitrogens with zero attached hydrogens (tertiary/aromatic N) is 1. The Labute approximate surface area is 107 Å². The van der Waals surface area contributed by atoms with E-state index < -0.39 is 0 Å². The van der Waals surface area contributed by atoms with Crippen molar-refractivity contribution in [2.24, 2.45) is 0 Å². The fourth-order valence-corrected chi connectivity index (χ4v) is 2.44. The van der Waals surface area contributed by atoms with Crippen LogP contribution < -0.4 is 5.32 Å². The van der Waals surface area contributed by atoms with E-state index in [2.05, 4.69) is 5.32 Å². The Bertz CT molecular complexity index is 447. The lowest BCUT2D eigenvalue weighted by Crippen LogP contribution is -2.40. The summed E-state index contributed by atoms with van der Waals surface area (Å²) in [7, 11) is 1.88. The van der Waals surface area contributed by atoms with Crippen molar-refractivity contribution in [3.8, 4) is 0 Å². The number of benzene rings is 1. The van der Waals surface area contributed by atoms with Gasteiger partial charge in [0.1, 0.15) is 5.82 Å². The first-order valence-corrected chi connectivity index (χ1v) is 6.35. The van der Waals surface area contributed by atoms with Gasteiger partial charge >= 0.3 is 0 Å². The highest BCUT2D eigenvalue weighted by Crippen LogP contribution is 2.20. The van der Waals surface area contributed by atoms with Gasteiger partial charge in [-0.15, -0.1) is 0 Å². The average Bonchev–Trinajstić information content (AvgIpc) is 2.80. The van der Waals surface area contributed by atoms with E-state index in [4.69, 9.17) is 0 Å². The molecule has 1 amide bonds. The number of halogens is 1. The molecule has 3 nitrogen and oxygen atoms in total. The van der Waals surface area contributed by atoms with Gasteiger partial charge in [0.05, 0.1) is 0 Å². The maximum atomic E-state index is 13.5. The summed E-state index contributed by atoms with van der Waals surface area (Å²) in [5.41, 5.74) is 1.01. The van der Waals surface area contributed by atoms with E-state index in [9.17, 15) is 9.18 Å². The molecule has 0 radical (unpaired) electrons. The minimum Gasteiger partial charge on any atom is -0.334 e. The Morgan fingerprint density at radius 2 is 2.33 bits per heavy atom. The van der Waals surface area contributed by atoms with Crippen molar-refractivity contribution >= 4 is 5.91 Å². The monoisotopic (exact) mass is 250 g/mol. The molecule has 1 unspecified atom stereocenters. The third-order valence-electron chi connectivity index (χ3n) is 3.50. The minimum atomic E-state index is -0.315. The molecule has 0 spiro atoms. The summed E-state index contributed by atoms with van der Waals surface area (Å²) < 4.78 is 13.5. The van der Waals surface area contributed by atoms with Gasteiger partial charge in [-0.1, -0.05) is 6.07 Å². The van der Waals surface area contributed by atoms with Gasteiger partial charge in [0.15, 0.2) is 0 Å². The van der Waals surface area contributed by atoms with E-state index in [1.54, 1.807) is 19.1 Å². The number of hydrogen-bond donors (Lipinski definition) is 1. The average molecular weight is 250 g/mol. The van der Waals surface area contributed by atoms with Crippen molar-refractivity contribution in [1.29, 1.82) is 0 Å². The van der Waals surface area contributed by atoms with E-state index in [-0.39, 0.29) is 17.8 Å². The van der Waals surface area contributed by atoms with Gasteiger partial charge in [-0.05, 0) is 44.5 Å². The molecule has 0 aromatic heterocycles. The van der Waals surface area contributed by atoms with Gasteiger partial charge < -0.3 is 10.2 Å². The van der Waals surface area contributed by atoms with Crippen molar-refractivity contribution < 1.29 is 9.18 Å². The van der Waals surface area contributed by atoms with Gasteiger partial charge in [0.2, 0.25) is 0 Å². The third-order valence-corrected chi connectivity index (χ3v) is 3.50. The Morgan fingerprint density at radius 1 is 1.56 bits per heavy atom. The fourth-order valence-electron chi connectivity index (χ4n) is 2.44. The summed E-state index contributed by atoms with van der Waals surface area (Å²) in [5, 5.41) is 3.10. The molecule has 0 saturated carbocycles. The number of nitrogens with one attached hydrogen (secondary N) is 1. The van der Waals surface area contributed by atoms with Crippen LogP contribution in [0.4, 0.5) is 4.39 Å². The molecule has 1 saturated heterocycles. The zero-order chi connectivity index (χ0) is 13.1. The van der Waals surface area contributed by atoms with E-state index in [1.807, 2.05) is 11.9 Å². The Kier molecular flexibility index (Phi) is 3.97. The van der Waals surface area contributed by atoms with Gasteiger partial charge in [-0.3, -0.25) is 4.79 Å². The van der Waals surface area contributed by atoms with Crippen LogP contribution in [0.25, 0.3) is 0 Å². The van der Waals surface area contributed by atoms with Crippen LogP contribution in [-0.4, -0.2) is 37.0 Å². The van der Waals surface area contributed by atoms with Crippen molar-refractivity contribution in [3.05, 3.63) is 35.1 Å². The zero-order valence-corrected chi connectivity index (χ0v) is 10.9. The van der Waals surface area contributed by atoms with Crippen LogP contribution in [-0.2, 0) is 0 Å². The van der Waals surface area contributed by atoms with Gasteiger partial charge in [0, 0.05) is 24.7 Å². The number of likely N-dealkylation sites (N-methyl/N-ethyl adjacent to an activating group) is 1. The van der Waals surface area contributed by atoms with Crippen molar-refractivity contribution in [1.82, 2.24) is 10.2 Å². The molecule has 0 aliphatic carbocycles. The summed E-state index contributed by atoms with van der Waals surface area (Å²) in [6.45, 7) is 3.25. The molecule has 18 heavy (non-hydrogen) atoms. The summed E-state index contributed by atoms with van der Waals surface area (Å²) in [4.78, 5) is 14.2. The van der Waals surface area contributed by atoms with E-state index in [1.165, 1.54) is 6.07 Å². The molecular weight excluding hydrogens is 231 g/mol. The molecule has 1 aliphatic heterocycles. The Balaban J connectivity index is 2.17. The number of amides is 1. The predicted molar refractivity (Wildman–Crippen MR) is 69.1 cm³/mol. The summed E-state index contributed by atoms with van der Waals surface area (Å²) in [6, 6.07) is 4.93. The number of rotatable bonds is 3. The van der Waals surface area contributed by atoms with E-state index >= 15 is 0 Å². The van der Waals surface area contributed by atoms with Crippen molar-refractivity contribution in [2.45, 2.75) is 25.8 Å². The lowest BCUT2D eigenvalue weighted by atomic mass is 10.1. The summed E-state index contributed by atoms with van der Waals surface area (Å²) in [6.07, 6.45) is 2.04. The van der Waals surface area contributed by atoms with E-state index in [0.29, 0.717) is 11.1 Å². The van der Waals surface area contributed by atoms with Gasteiger partial charge in [-0.25, -0.2) is 4.39 Å². The van der Waals surface area contributed by atoms with Crippen LogP contribution in [0.3, 0.4) is 0 Å². The Morgan fingerprint density at radius 3 is 3.00 bits per heavy atom. The molecule has 0 bridgehead atoms. The Hall–Kier alpha value is -1.42. The predicted octanol–water partition coefficient (Wildman–Crippen LogP) is 1.96. The van der Waals surface area contributed by atoms with Crippen LogP contribution in [0.15, 0.2) is 18.2 Å². The zero-order valence-electron chi connectivity index (χ0n) is 10.9.